The molecule has 0 aliphatic carbocycles. The van der Waals surface area contributed by atoms with Crippen LogP contribution in [0.5, 0.6) is 5.75 Å². The molecule has 0 radical (unpaired) electrons. The van der Waals surface area contributed by atoms with Gasteiger partial charge in [-0.3, -0.25) is 4.79 Å². The topological polar surface area (TPSA) is 51.5 Å². The van der Waals surface area contributed by atoms with E-state index in [4.69, 9.17) is 32.4 Å². The first-order chi connectivity index (χ1) is 9.56. The Hall–Kier alpha value is -1.65. The molecule has 0 spiro atoms. The Labute approximate surface area is 126 Å². The molecule has 0 fully saturated rings. The molecule has 0 saturated heterocycles. The Morgan fingerprint density at radius 1 is 1.40 bits per heavy atom. The van der Waals surface area contributed by atoms with Crippen LogP contribution in [0, 0.1) is 0 Å². The lowest BCUT2D eigenvalue weighted by atomic mass is 10.3. The first-order valence-electron chi connectivity index (χ1n) is 5.98. The molecular formula is C14H13Cl2NO3. The molecule has 1 N–H and O–H groups in total. The number of carbonyl (C=O) groups is 1. The van der Waals surface area contributed by atoms with Crippen molar-refractivity contribution in [3.05, 3.63) is 52.4 Å². The van der Waals surface area contributed by atoms with Gasteiger partial charge in [-0.2, -0.15) is 0 Å². The summed E-state index contributed by atoms with van der Waals surface area (Å²) in [5, 5.41) is 3.60. The highest BCUT2D eigenvalue weighted by Crippen LogP contribution is 2.28. The fourth-order valence-corrected chi connectivity index (χ4v) is 1.87. The molecule has 2 rings (SSSR count). The van der Waals surface area contributed by atoms with E-state index in [1.54, 1.807) is 43.5 Å². The largest absolute Gasteiger partial charge is 0.479 e. The van der Waals surface area contributed by atoms with Gasteiger partial charge in [-0.25, -0.2) is 0 Å². The minimum atomic E-state index is -0.694. The Morgan fingerprint density at radius 2 is 2.20 bits per heavy atom. The summed E-state index contributed by atoms with van der Waals surface area (Å²) in [5.41, 5.74) is 0. The molecule has 1 atom stereocenters. The van der Waals surface area contributed by atoms with Crippen LogP contribution >= 0.6 is 23.2 Å². The van der Waals surface area contributed by atoms with Crippen molar-refractivity contribution in [2.75, 3.05) is 0 Å². The Balaban J connectivity index is 1.92. The number of amides is 1. The van der Waals surface area contributed by atoms with Crippen LogP contribution < -0.4 is 10.1 Å². The zero-order chi connectivity index (χ0) is 14.5. The monoisotopic (exact) mass is 313 g/mol. The van der Waals surface area contributed by atoms with Gasteiger partial charge >= 0.3 is 0 Å². The van der Waals surface area contributed by atoms with E-state index in [1.807, 2.05) is 0 Å². The number of ether oxygens (including phenoxy) is 1. The maximum atomic E-state index is 11.9. The second-order valence-corrected chi connectivity index (χ2v) is 4.98. The van der Waals surface area contributed by atoms with Gasteiger partial charge in [-0.15, -0.1) is 0 Å². The Kier molecular flexibility index (Phi) is 4.93. The molecule has 1 amide bonds. The molecular weight excluding hydrogens is 301 g/mol. The summed E-state index contributed by atoms with van der Waals surface area (Å²) < 4.78 is 10.6. The number of nitrogens with one attached hydrogen (secondary N) is 1. The highest BCUT2D eigenvalue weighted by molar-refractivity contribution is 6.34. The van der Waals surface area contributed by atoms with Gasteiger partial charge in [0.2, 0.25) is 0 Å². The summed E-state index contributed by atoms with van der Waals surface area (Å²) in [4.78, 5) is 11.9. The first kappa shape index (κ1) is 14.8. The number of carbonyl (C=O) groups excluding carboxylic acids is 1. The average Bonchev–Trinajstić information content (AvgIpc) is 2.93. The van der Waals surface area contributed by atoms with E-state index in [0.717, 1.165) is 0 Å². The van der Waals surface area contributed by atoms with Crippen LogP contribution in [-0.2, 0) is 11.3 Å². The van der Waals surface area contributed by atoms with E-state index in [0.29, 0.717) is 28.1 Å². The van der Waals surface area contributed by atoms with E-state index in [9.17, 15) is 4.79 Å². The molecule has 1 aromatic heterocycles. The molecule has 0 aliphatic rings. The van der Waals surface area contributed by atoms with Gasteiger partial charge in [-0.05, 0) is 31.2 Å². The van der Waals surface area contributed by atoms with Gasteiger partial charge < -0.3 is 14.5 Å². The summed E-state index contributed by atoms with van der Waals surface area (Å²) in [6, 6.07) is 8.37. The van der Waals surface area contributed by atoms with Crippen molar-refractivity contribution >= 4 is 29.1 Å². The molecule has 1 heterocycles. The van der Waals surface area contributed by atoms with E-state index < -0.39 is 6.10 Å². The Morgan fingerprint density at radius 3 is 2.90 bits per heavy atom. The van der Waals surface area contributed by atoms with Gasteiger partial charge in [0.05, 0.1) is 17.8 Å². The van der Waals surface area contributed by atoms with E-state index in [-0.39, 0.29) is 5.91 Å². The summed E-state index contributed by atoms with van der Waals surface area (Å²) in [5.74, 6) is 0.781. The highest BCUT2D eigenvalue weighted by atomic mass is 35.5. The molecule has 4 nitrogen and oxygen atoms in total. The lowest BCUT2D eigenvalue weighted by Gasteiger charge is -2.15. The summed E-state index contributed by atoms with van der Waals surface area (Å²) in [7, 11) is 0. The van der Waals surface area contributed by atoms with Crippen molar-refractivity contribution < 1.29 is 13.9 Å². The number of benzene rings is 1. The second-order valence-electron chi connectivity index (χ2n) is 4.13. The molecule has 2 aromatic rings. The molecule has 0 saturated carbocycles. The zero-order valence-electron chi connectivity index (χ0n) is 10.7. The van der Waals surface area contributed by atoms with Crippen molar-refractivity contribution in [3.63, 3.8) is 0 Å². The normalized spacial score (nSPS) is 11.9. The molecule has 1 unspecified atom stereocenters. The van der Waals surface area contributed by atoms with E-state index >= 15 is 0 Å². The SMILES string of the molecule is CC(Oc1cc(Cl)ccc1Cl)C(=O)NCc1ccco1. The molecule has 0 bridgehead atoms. The van der Waals surface area contributed by atoms with Crippen molar-refractivity contribution in [2.24, 2.45) is 0 Å². The van der Waals surface area contributed by atoms with Gasteiger partial charge in [-0.1, -0.05) is 23.2 Å². The van der Waals surface area contributed by atoms with Crippen LogP contribution in [0.25, 0.3) is 0 Å². The van der Waals surface area contributed by atoms with Crippen molar-refractivity contribution in [1.29, 1.82) is 0 Å². The standard InChI is InChI=1S/C14H13Cl2NO3/c1-9(14(18)17-8-11-3-2-6-19-11)20-13-7-10(15)4-5-12(13)16/h2-7,9H,8H2,1H3,(H,17,18). The van der Waals surface area contributed by atoms with Crippen LogP contribution in [0.3, 0.4) is 0 Å². The summed E-state index contributed by atoms with van der Waals surface area (Å²) in [6.07, 6.45) is 0.855. The van der Waals surface area contributed by atoms with Gasteiger partial charge in [0.1, 0.15) is 11.5 Å². The minimum Gasteiger partial charge on any atom is -0.479 e. The van der Waals surface area contributed by atoms with Crippen LogP contribution in [0.1, 0.15) is 12.7 Å². The predicted molar refractivity (Wildman–Crippen MR) is 77.1 cm³/mol. The fourth-order valence-electron chi connectivity index (χ4n) is 1.54. The zero-order valence-corrected chi connectivity index (χ0v) is 12.2. The second kappa shape index (κ2) is 6.68. The number of hydrogen-bond donors (Lipinski definition) is 1. The highest BCUT2D eigenvalue weighted by Gasteiger charge is 2.16. The van der Waals surface area contributed by atoms with Gasteiger partial charge in [0.15, 0.2) is 6.10 Å². The van der Waals surface area contributed by atoms with Crippen molar-refractivity contribution in [2.45, 2.75) is 19.6 Å². The van der Waals surface area contributed by atoms with Crippen LogP contribution in [0.2, 0.25) is 10.0 Å². The third kappa shape index (κ3) is 3.92. The maximum absolute atomic E-state index is 11.9. The molecule has 106 valence electrons. The number of hydrogen-bond acceptors (Lipinski definition) is 3. The third-order valence-electron chi connectivity index (χ3n) is 2.58. The van der Waals surface area contributed by atoms with Crippen molar-refractivity contribution in [1.82, 2.24) is 5.32 Å². The molecule has 1 aromatic carbocycles. The van der Waals surface area contributed by atoms with Crippen LogP contribution in [0.15, 0.2) is 41.0 Å². The molecule has 20 heavy (non-hydrogen) atoms. The minimum absolute atomic E-state index is 0.266. The average molecular weight is 314 g/mol. The maximum Gasteiger partial charge on any atom is 0.261 e. The van der Waals surface area contributed by atoms with Gasteiger partial charge in [0, 0.05) is 11.1 Å². The third-order valence-corrected chi connectivity index (χ3v) is 3.13. The van der Waals surface area contributed by atoms with E-state index in [2.05, 4.69) is 5.32 Å². The lowest BCUT2D eigenvalue weighted by Crippen LogP contribution is -2.35. The molecule has 6 heteroatoms. The quantitative estimate of drug-likeness (QED) is 0.916. The lowest BCUT2D eigenvalue weighted by molar-refractivity contribution is -0.127. The van der Waals surface area contributed by atoms with Crippen molar-refractivity contribution in [3.8, 4) is 5.75 Å². The number of halogens is 2. The number of furan rings is 1. The Bertz CT molecular complexity index is 584. The predicted octanol–water partition coefficient (Wildman–Crippen LogP) is 3.67. The van der Waals surface area contributed by atoms with Gasteiger partial charge in [0.25, 0.3) is 5.91 Å². The molecule has 0 aliphatic heterocycles. The first-order valence-corrected chi connectivity index (χ1v) is 6.73. The smallest absolute Gasteiger partial charge is 0.261 e. The van der Waals surface area contributed by atoms with E-state index in [1.165, 1.54) is 0 Å². The fraction of sp³-hybridized carbons (Fsp3) is 0.214. The summed E-state index contributed by atoms with van der Waals surface area (Å²) in [6.45, 7) is 1.94. The number of rotatable bonds is 5. The van der Waals surface area contributed by atoms with Crippen LogP contribution in [-0.4, -0.2) is 12.0 Å². The summed E-state index contributed by atoms with van der Waals surface area (Å²) >= 11 is 11.8. The van der Waals surface area contributed by atoms with Crippen LogP contribution in [0.4, 0.5) is 0 Å².